The predicted molar refractivity (Wildman–Crippen MR) is 80.1 cm³/mol. The molecule has 21 heavy (non-hydrogen) atoms. The Labute approximate surface area is 128 Å². The van der Waals surface area contributed by atoms with E-state index >= 15 is 0 Å². The van der Waals surface area contributed by atoms with E-state index in [-0.39, 0.29) is 22.5 Å². The van der Waals surface area contributed by atoms with Gasteiger partial charge in [-0.3, -0.25) is 9.48 Å². The van der Waals surface area contributed by atoms with Crippen LogP contribution in [0.1, 0.15) is 41.6 Å². The van der Waals surface area contributed by atoms with Crippen LogP contribution in [0.4, 0.5) is 0 Å². The van der Waals surface area contributed by atoms with E-state index in [9.17, 15) is 4.79 Å². The maximum Gasteiger partial charge on any atom is 0.274 e. The Morgan fingerprint density at radius 3 is 2.71 bits per heavy atom. The summed E-state index contributed by atoms with van der Waals surface area (Å²) in [5.74, 6) is 0.517. The van der Waals surface area contributed by atoms with Gasteiger partial charge in [-0.2, -0.15) is 5.10 Å². The first-order chi connectivity index (χ1) is 9.88. The highest BCUT2D eigenvalue weighted by Gasteiger charge is 2.19. The summed E-state index contributed by atoms with van der Waals surface area (Å²) in [5, 5.41) is 4.35. The molecule has 0 aromatic carbocycles. The largest absolute Gasteiger partial charge is 0.336 e. The van der Waals surface area contributed by atoms with E-state index in [1.54, 1.807) is 22.8 Å². The van der Waals surface area contributed by atoms with Crippen LogP contribution in [-0.2, 0) is 13.6 Å². The number of halogens is 1. The van der Waals surface area contributed by atoms with Crippen LogP contribution < -0.4 is 0 Å². The normalized spacial score (nSPS) is 11.0. The number of hydrogen-bond acceptors (Lipinski definition) is 4. The molecule has 0 spiro atoms. The van der Waals surface area contributed by atoms with Crippen LogP contribution in [-0.4, -0.2) is 37.6 Å². The Kier molecular flexibility index (Phi) is 4.57. The van der Waals surface area contributed by atoms with E-state index in [1.807, 2.05) is 27.1 Å². The van der Waals surface area contributed by atoms with Crippen LogP contribution in [0.2, 0.25) is 5.02 Å². The van der Waals surface area contributed by atoms with E-state index in [0.29, 0.717) is 12.4 Å². The van der Waals surface area contributed by atoms with Gasteiger partial charge in [0.05, 0.1) is 17.4 Å². The average Bonchev–Trinajstić information content (AvgIpc) is 2.83. The fourth-order valence-electron chi connectivity index (χ4n) is 1.89. The Hall–Kier alpha value is -1.95. The number of nitrogens with zero attached hydrogens (tertiary/aromatic N) is 5. The van der Waals surface area contributed by atoms with Gasteiger partial charge in [-0.15, -0.1) is 0 Å². The zero-order valence-electron chi connectivity index (χ0n) is 12.5. The molecular weight excluding hydrogens is 290 g/mol. The molecular formula is C14H18ClN5O. The fourth-order valence-corrected chi connectivity index (χ4v) is 2.06. The second kappa shape index (κ2) is 6.22. The van der Waals surface area contributed by atoms with E-state index in [2.05, 4.69) is 15.1 Å². The monoisotopic (exact) mass is 307 g/mol. The van der Waals surface area contributed by atoms with Crippen molar-refractivity contribution in [2.45, 2.75) is 26.3 Å². The van der Waals surface area contributed by atoms with Crippen molar-refractivity contribution < 1.29 is 4.79 Å². The van der Waals surface area contributed by atoms with E-state index in [4.69, 9.17) is 11.6 Å². The average molecular weight is 308 g/mol. The van der Waals surface area contributed by atoms with Crippen molar-refractivity contribution in [1.29, 1.82) is 0 Å². The number of aromatic nitrogens is 4. The Morgan fingerprint density at radius 2 is 2.14 bits per heavy atom. The molecule has 0 atom stereocenters. The molecule has 0 saturated heterocycles. The van der Waals surface area contributed by atoms with Crippen molar-refractivity contribution in [3.8, 4) is 0 Å². The maximum atomic E-state index is 12.5. The minimum atomic E-state index is -0.229. The molecule has 1 amide bonds. The standard InChI is InChI=1S/C14H18ClN5O/c1-9(2)13-16-6-11(15)12(18-13)14(21)19(3)7-10-5-17-20(4)8-10/h5-6,8-9H,7H2,1-4H3. The second-order valence-corrected chi connectivity index (χ2v) is 5.67. The molecule has 6 nitrogen and oxygen atoms in total. The van der Waals surface area contributed by atoms with Crippen molar-refractivity contribution in [2.24, 2.45) is 7.05 Å². The Morgan fingerprint density at radius 1 is 1.43 bits per heavy atom. The molecule has 2 aromatic heterocycles. The highest BCUT2D eigenvalue weighted by molar-refractivity contribution is 6.33. The van der Waals surface area contributed by atoms with Crippen LogP contribution in [0.3, 0.4) is 0 Å². The zero-order valence-corrected chi connectivity index (χ0v) is 13.3. The van der Waals surface area contributed by atoms with Crippen molar-refractivity contribution in [3.05, 3.63) is 40.7 Å². The molecule has 2 heterocycles. The minimum absolute atomic E-state index is 0.137. The van der Waals surface area contributed by atoms with Gasteiger partial charge >= 0.3 is 0 Å². The van der Waals surface area contributed by atoms with Crippen LogP contribution in [0.25, 0.3) is 0 Å². The first-order valence-corrected chi connectivity index (χ1v) is 7.01. The molecule has 0 saturated carbocycles. The van der Waals surface area contributed by atoms with E-state index < -0.39 is 0 Å². The molecule has 0 unspecified atom stereocenters. The highest BCUT2D eigenvalue weighted by Crippen LogP contribution is 2.18. The number of hydrogen-bond donors (Lipinski definition) is 0. The molecule has 0 aliphatic heterocycles. The fraction of sp³-hybridized carbons (Fsp3) is 0.429. The maximum absolute atomic E-state index is 12.5. The summed E-state index contributed by atoms with van der Waals surface area (Å²) in [4.78, 5) is 22.5. The lowest BCUT2D eigenvalue weighted by atomic mass is 10.2. The second-order valence-electron chi connectivity index (χ2n) is 5.26. The minimum Gasteiger partial charge on any atom is -0.336 e. The summed E-state index contributed by atoms with van der Waals surface area (Å²) in [6.07, 6.45) is 5.07. The van der Waals surface area contributed by atoms with E-state index in [1.165, 1.54) is 6.20 Å². The van der Waals surface area contributed by atoms with Crippen molar-refractivity contribution in [2.75, 3.05) is 7.05 Å². The third kappa shape index (κ3) is 3.58. The van der Waals surface area contributed by atoms with Crippen molar-refractivity contribution in [3.63, 3.8) is 0 Å². The molecule has 112 valence electrons. The predicted octanol–water partition coefficient (Wildman–Crippen LogP) is 2.26. The van der Waals surface area contributed by atoms with Crippen molar-refractivity contribution in [1.82, 2.24) is 24.6 Å². The molecule has 0 bridgehead atoms. The zero-order chi connectivity index (χ0) is 15.6. The summed E-state index contributed by atoms with van der Waals surface area (Å²) in [5.41, 5.74) is 1.18. The summed E-state index contributed by atoms with van der Waals surface area (Å²) >= 11 is 6.06. The lowest BCUT2D eigenvalue weighted by molar-refractivity contribution is 0.0779. The number of aryl methyl sites for hydroxylation is 1. The molecule has 7 heteroatoms. The first-order valence-electron chi connectivity index (χ1n) is 6.64. The number of carbonyl (C=O) groups excluding carboxylic acids is 1. The molecule has 2 rings (SSSR count). The third-order valence-electron chi connectivity index (χ3n) is 3.01. The van der Waals surface area contributed by atoms with Gasteiger partial charge in [-0.1, -0.05) is 25.4 Å². The van der Waals surface area contributed by atoms with Gasteiger partial charge in [0.2, 0.25) is 0 Å². The van der Waals surface area contributed by atoms with Crippen LogP contribution in [0.15, 0.2) is 18.6 Å². The summed E-state index contributed by atoms with van der Waals surface area (Å²) < 4.78 is 1.70. The lowest BCUT2D eigenvalue weighted by Crippen LogP contribution is -2.27. The molecule has 2 aromatic rings. The van der Waals surface area contributed by atoms with Crippen LogP contribution >= 0.6 is 11.6 Å². The SMILES string of the molecule is CC(C)c1ncc(Cl)c(C(=O)N(C)Cc2cnn(C)c2)n1. The topological polar surface area (TPSA) is 63.9 Å². The molecule has 0 radical (unpaired) electrons. The van der Waals surface area contributed by atoms with E-state index in [0.717, 1.165) is 5.56 Å². The van der Waals surface area contributed by atoms with Gasteiger partial charge in [0.15, 0.2) is 5.69 Å². The lowest BCUT2D eigenvalue weighted by Gasteiger charge is -2.17. The quantitative estimate of drug-likeness (QED) is 0.869. The summed E-state index contributed by atoms with van der Waals surface area (Å²) in [7, 11) is 3.55. The van der Waals surface area contributed by atoms with Gasteiger partial charge in [0.25, 0.3) is 5.91 Å². The Bertz CT molecular complexity index is 653. The molecule has 0 N–H and O–H groups in total. The van der Waals surface area contributed by atoms with Gasteiger partial charge in [0.1, 0.15) is 5.82 Å². The van der Waals surface area contributed by atoms with Gasteiger partial charge in [0, 0.05) is 38.3 Å². The number of carbonyl (C=O) groups is 1. The van der Waals surface area contributed by atoms with Crippen molar-refractivity contribution >= 4 is 17.5 Å². The van der Waals surface area contributed by atoms with Gasteiger partial charge in [-0.25, -0.2) is 9.97 Å². The summed E-state index contributed by atoms with van der Waals surface area (Å²) in [6, 6.07) is 0. The van der Waals surface area contributed by atoms with Gasteiger partial charge < -0.3 is 4.90 Å². The molecule has 0 aliphatic carbocycles. The number of amides is 1. The highest BCUT2D eigenvalue weighted by atomic mass is 35.5. The summed E-state index contributed by atoms with van der Waals surface area (Å²) in [6.45, 7) is 4.39. The van der Waals surface area contributed by atoms with Crippen LogP contribution in [0, 0.1) is 0 Å². The first kappa shape index (κ1) is 15.4. The molecule has 0 aliphatic rings. The Balaban J connectivity index is 2.20. The number of rotatable bonds is 4. The smallest absolute Gasteiger partial charge is 0.274 e. The van der Waals surface area contributed by atoms with Gasteiger partial charge in [-0.05, 0) is 0 Å². The van der Waals surface area contributed by atoms with Crippen LogP contribution in [0.5, 0.6) is 0 Å². The molecule has 0 fully saturated rings. The third-order valence-corrected chi connectivity index (χ3v) is 3.28.